The van der Waals surface area contributed by atoms with Gasteiger partial charge in [-0.25, -0.2) is 8.42 Å². The lowest BCUT2D eigenvalue weighted by Crippen LogP contribution is -2.16. The van der Waals surface area contributed by atoms with E-state index in [9.17, 15) is 13.2 Å². The molecule has 2 aromatic rings. The molecule has 1 heterocycles. The van der Waals surface area contributed by atoms with Crippen LogP contribution in [0.1, 0.15) is 30.3 Å². The number of sulfone groups is 1. The molecule has 0 saturated heterocycles. The first-order valence-corrected chi connectivity index (χ1v) is 11.5. The molecular weight excluding hydrogens is 444 g/mol. The summed E-state index contributed by atoms with van der Waals surface area (Å²) in [6.45, 7) is 4.01. The van der Waals surface area contributed by atoms with Crippen LogP contribution < -0.4 is 0 Å². The first-order chi connectivity index (χ1) is 13.2. The average molecular weight is 465 g/mol. The molecule has 1 aromatic heterocycles. The van der Waals surface area contributed by atoms with Crippen LogP contribution in [0.2, 0.25) is 0 Å². The van der Waals surface area contributed by atoms with Crippen molar-refractivity contribution in [2.45, 2.75) is 31.7 Å². The fourth-order valence-electron chi connectivity index (χ4n) is 3.14. The molecule has 0 fully saturated rings. The van der Waals surface area contributed by atoms with E-state index in [2.05, 4.69) is 21.0 Å². The number of rotatable bonds is 6. The van der Waals surface area contributed by atoms with Crippen LogP contribution in [0, 0.1) is 6.92 Å². The Morgan fingerprint density at radius 3 is 2.75 bits per heavy atom. The Kier molecular flexibility index (Phi) is 5.90. The van der Waals surface area contributed by atoms with E-state index in [4.69, 9.17) is 4.74 Å². The smallest absolute Gasteiger partial charge is 0.327 e. The lowest BCUT2D eigenvalue weighted by molar-refractivity contribution is -0.144. The number of aromatic nitrogens is 2. The SMILES string of the molecule is CCOC(=O)Cn1nc(C)cc1C1=CC(Br)=C(c2cccc(S(C)(=O)=O)c2)C1. The molecule has 0 atom stereocenters. The topological polar surface area (TPSA) is 78.3 Å². The molecule has 0 saturated carbocycles. The van der Waals surface area contributed by atoms with E-state index in [1.165, 1.54) is 6.26 Å². The molecule has 0 bridgehead atoms. The van der Waals surface area contributed by atoms with Crippen LogP contribution in [0.3, 0.4) is 0 Å². The third-order valence-corrected chi connectivity index (χ3v) is 6.20. The van der Waals surface area contributed by atoms with Crippen molar-refractivity contribution < 1.29 is 17.9 Å². The van der Waals surface area contributed by atoms with Gasteiger partial charge in [-0.2, -0.15) is 5.10 Å². The first-order valence-electron chi connectivity index (χ1n) is 8.79. The Morgan fingerprint density at radius 1 is 1.32 bits per heavy atom. The van der Waals surface area contributed by atoms with Gasteiger partial charge in [0.15, 0.2) is 9.84 Å². The van der Waals surface area contributed by atoms with Crippen molar-refractivity contribution in [1.82, 2.24) is 9.78 Å². The van der Waals surface area contributed by atoms with Crippen molar-refractivity contribution in [1.29, 1.82) is 0 Å². The van der Waals surface area contributed by atoms with Gasteiger partial charge in [-0.3, -0.25) is 9.48 Å². The molecule has 0 aliphatic heterocycles. The molecular formula is C20H21BrN2O4S. The molecule has 0 amide bonds. The molecule has 0 radical (unpaired) electrons. The minimum absolute atomic E-state index is 0.0465. The highest BCUT2D eigenvalue weighted by Crippen LogP contribution is 2.41. The largest absolute Gasteiger partial charge is 0.465 e. The number of carbonyl (C=O) groups is 1. The van der Waals surface area contributed by atoms with Crippen LogP contribution in [0.15, 0.2) is 45.8 Å². The van der Waals surface area contributed by atoms with Crippen LogP contribution >= 0.6 is 15.9 Å². The minimum Gasteiger partial charge on any atom is -0.465 e. The third-order valence-electron chi connectivity index (χ3n) is 4.38. The number of esters is 1. The maximum atomic E-state index is 11.9. The summed E-state index contributed by atoms with van der Waals surface area (Å²) >= 11 is 3.59. The van der Waals surface area contributed by atoms with Crippen LogP contribution in [0.4, 0.5) is 0 Å². The van der Waals surface area contributed by atoms with Gasteiger partial charge in [0.25, 0.3) is 0 Å². The number of allylic oxidation sites excluding steroid dienone is 4. The monoisotopic (exact) mass is 464 g/mol. The van der Waals surface area contributed by atoms with Crippen LogP contribution in [-0.2, 0) is 25.9 Å². The van der Waals surface area contributed by atoms with Crippen LogP contribution in [0.25, 0.3) is 11.1 Å². The maximum Gasteiger partial charge on any atom is 0.327 e. The second-order valence-electron chi connectivity index (χ2n) is 6.61. The van der Waals surface area contributed by atoms with Gasteiger partial charge < -0.3 is 4.74 Å². The Balaban J connectivity index is 1.89. The van der Waals surface area contributed by atoms with E-state index in [0.29, 0.717) is 13.0 Å². The van der Waals surface area contributed by atoms with Crippen molar-refractivity contribution in [3.63, 3.8) is 0 Å². The number of ether oxygens (including phenoxy) is 1. The zero-order valence-corrected chi connectivity index (χ0v) is 18.3. The summed E-state index contributed by atoms with van der Waals surface area (Å²) in [6.07, 6.45) is 3.78. The number of aryl methyl sites for hydroxylation is 1. The van der Waals surface area contributed by atoms with Crippen LogP contribution in [-0.4, -0.2) is 37.0 Å². The molecule has 3 rings (SSSR count). The van der Waals surface area contributed by atoms with Gasteiger partial charge in [0.2, 0.25) is 0 Å². The van der Waals surface area contributed by atoms with Crippen molar-refractivity contribution in [2.24, 2.45) is 0 Å². The quantitative estimate of drug-likeness (QED) is 0.608. The number of halogens is 1. The van der Waals surface area contributed by atoms with E-state index < -0.39 is 9.84 Å². The highest BCUT2D eigenvalue weighted by atomic mass is 79.9. The molecule has 148 valence electrons. The van der Waals surface area contributed by atoms with Crippen molar-refractivity contribution >= 4 is 42.9 Å². The van der Waals surface area contributed by atoms with Gasteiger partial charge in [0, 0.05) is 17.2 Å². The predicted octanol–water partition coefficient (Wildman–Crippen LogP) is 3.75. The van der Waals surface area contributed by atoms with E-state index in [1.54, 1.807) is 29.8 Å². The van der Waals surface area contributed by atoms with Crippen molar-refractivity contribution in [2.75, 3.05) is 12.9 Å². The van der Waals surface area contributed by atoms with E-state index in [1.807, 2.05) is 25.1 Å². The molecule has 1 aromatic carbocycles. The molecule has 0 unspecified atom stereocenters. The fraction of sp³-hybridized carbons (Fsp3) is 0.300. The zero-order chi connectivity index (χ0) is 20.5. The Morgan fingerprint density at radius 2 is 2.07 bits per heavy atom. The summed E-state index contributed by atoms with van der Waals surface area (Å²) in [5.74, 6) is -0.335. The van der Waals surface area contributed by atoms with E-state index in [0.717, 1.165) is 32.6 Å². The highest BCUT2D eigenvalue weighted by molar-refractivity contribution is 9.12. The van der Waals surface area contributed by atoms with Gasteiger partial charge in [0.1, 0.15) is 6.54 Å². The number of hydrogen-bond donors (Lipinski definition) is 0. The Labute approximate surface area is 172 Å². The molecule has 1 aliphatic carbocycles. The van der Waals surface area contributed by atoms with E-state index in [-0.39, 0.29) is 17.4 Å². The highest BCUT2D eigenvalue weighted by Gasteiger charge is 2.22. The summed E-state index contributed by atoms with van der Waals surface area (Å²) in [6, 6.07) is 8.84. The first kappa shape index (κ1) is 20.5. The molecule has 0 spiro atoms. The van der Waals surface area contributed by atoms with Gasteiger partial charge in [0.05, 0.1) is 22.9 Å². The number of hydrogen-bond acceptors (Lipinski definition) is 5. The van der Waals surface area contributed by atoms with Crippen molar-refractivity contribution in [3.8, 4) is 0 Å². The van der Waals surface area contributed by atoms with Gasteiger partial charge in [-0.15, -0.1) is 0 Å². The lowest BCUT2D eigenvalue weighted by Gasteiger charge is -2.10. The average Bonchev–Trinajstić information content (AvgIpc) is 3.17. The minimum atomic E-state index is -3.28. The summed E-state index contributed by atoms with van der Waals surface area (Å²) in [4.78, 5) is 12.2. The van der Waals surface area contributed by atoms with Gasteiger partial charge >= 0.3 is 5.97 Å². The standard InChI is InChI=1S/C20H21BrN2O4S/c1-4-27-20(24)12-23-19(8-13(2)22-23)15-10-17(18(21)11-15)14-6-5-7-16(9-14)28(3,25)26/h5-9,11H,4,10,12H2,1-3H3. The number of carbonyl (C=O) groups excluding carboxylic acids is 1. The lowest BCUT2D eigenvalue weighted by atomic mass is 10.0. The summed E-state index contributed by atoms with van der Waals surface area (Å²) in [5, 5.41) is 4.41. The van der Waals surface area contributed by atoms with Gasteiger partial charge in [-0.05, 0) is 54.8 Å². The molecule has 6 nitrogen and oxygen atoms in total. The van der Waals surface area contributed by atoms with Crippen LogP contribution in [0.5, 0.6) is 0 Å². The zero-order valence-electron chi connectivity index (χ0n) is 15.9. The number of benzene rings is 1. The summed E-state index contributed by atoms with van der Waals surface area (Å²) in [5.41, 5.74) is 4.48. The van der Waals surface area contributed by atoms with E-state index >= 15 is 0 Å². The second-order valence-corrected chi connectivity index (χ2v) is 9.48. The molecule has 28 heavy (non-hydrogen) atoms. The molecule has 8 heteroatoms. The maximum absolute atomic E-state index is 11.9. The predicted molar refractivity (Wildman–Crippen MR) is 112 cm³/mol. The molecule has 0 N–H and O–H groups in total. The molecule has 1 aliphatic rings. The summed E-state index contributed by atoms with van der Waals surface area (Å²) < 4.78 is 31.3. The Hall–Kier alpha value is -2.19. The second kappa shape index (κ2) is 8.05. The summed E-state index contributed by atoms with van der Waals surface area (Å²) in [7, 11) is -3.28. The fourth-order valence-corrected chi connectivity index (χ4v) is 4.45. The third kappa shape index (κ3) is 4.44. The normalized spacial score (nSPS) is 14.4. The number of nitrogens with zero attached hydrogens (tertiary/aromatic N) is 2. The van der Waals surface area contributed by atoms with Gasteiger partial charge in [-0.1, -0.05) is 28.1 Å². The Bertz CT molecular complexity index is 1100. The van der Waals surface area contributed by atoms with Crippen molar-refractivity contribution in [3.05, 3.63) is 57.8 Å².